The molecule has 2 atom stereocenters. The van der Waals surface area contributed by atoms with E-state index in [0.717, 1.165) is 4.90 Å². The molecule has 0 spiro atoms. The van der Waals surface area contributed by atoms with Gasteiger partial charge in [0, 0.05) is 16.2 Å². The van der Waals surface area contributed by atoms with Crippen LogP contribution in [-0.2, 0) is 9.53 Å². The summed E-state index contributed by atoms with van der Waals surface area (Å²) in [6, 6.07) is 9.53. The first-order valence-electron chi connectivity index (χ1n) is 8.38. The van der Waals surface area contributed by atoms with Crippen LogP contribution in [-0.4, -0.2) is 33.9 Å². The SMILES string of the molecule is CC(=O)c1c(C)[nH]c(C(=O)[C@@H](C)OC(=O)[C@@H](C)Sc2ccccc2)c1C. The predicted octanol–water partition coefficient (Wildman–Crippen LogP) is 4.13. The third-order valence-corrected chi connectivity index (χ3v) is 5.18. The Balaban J connectivity index is 2.06. The molecule has 1 aromatic heterocycles. The third-order valence-electron chi connectivity index (χ3n) is 4.09. The van der Waals surface area contributed by atoms with E-state index in [1.807, 2.05) is 30.3 Å². The molecule has 0 radical (unpaired) electrons. The Hall–Kier alpha value is -2.34. The van der Waals surface area contributed by atoms with Crippen LogP contribution in [0.15, 0.2) is 35.2 Å². The van der Waals surface area contributed by atoms with Gasteiger partial charge in [-0.3, -0.25) is 14.4 Å². The number of Topliss-reactive ketones (excluding diaryl/α,β-unsaturated/α-hetero) is 2. The minimum atomic E-state index is -0.933. The van der Waals surface area contributed by atoms with Gasteiger partial charge < -0.3 is 9.72 Å². The fourth-order valence-electron chi connectivity index (χ4n) is 2.80. The summed E-state index contributed by atoms with van der Waals surface area (Å²) >= 11 is 1.38. The molecular formula is C20H23NO4S. The summed E-state index contributed by atoms with van der Waals surface area (Å²) in [6.07, 6.45) is -0.933. The maximum atomic E-state index is 12.6. The number of aryl methyl sites for hydroxylation is 1. The van der Waals surface area contributed by atoms with Gasteiger partial charge in [0.1, 0.15) is 5.25 Å². The van der Waals surface area contributed by atoms with Crippen LogP contribution in [0.5, 0.6) is 0 Å². The molecule has 0 aliphatic rings. The molecule has 0 amide bonds. The Labute approximate surface area is 157 Å². The zero-order chi connectivity index (χ0) is 19.4. The molecule has 5 nitrogen and oxygen atoms in total. The Morgan fingerprint density at radius 3 is 2.23 bits per heavy atom. The molecule has 0 saturated carbocycles. The minimum absolute atomic E-state index is 0.104. The van der Waals surface area contributed by atoms with Crippen molar-refractivity contribution in [1.82, 2.24) is 4.98 Å². The number of hydrogen-bond acceptors (Lipinski definition) is 5. The number of nitrogens with one attached hydrogen (secondary N) is 1. The first kappa shape index (κ1) is 20.0. The molecule has 0 bridgehead atoms. The number of ether oxygens (including phenoxy) is 1. The molecule has 0 aliphatic heterocycles. The normalized spacial score (nSPS) is 13.1. The van der Waals surface area contributed by atoms with Gasteiger partial charge in [0.05, 0.1) is 5.69 Å². The van der Waals surface area contributed by atoms with Crippen LogP contribution in [0.3, 0.4) is 0 Å². The van der Waals surface area contributed by atoms with E-state index in [-0.39, 0.29) is 11.6 Å². The zero-order valence-corrected chi connectivity index (χ0v) is 16.4. The van der Waals surface area contributed by atoms with Crippen LogP contribution in [0, 0.1) is 13.8 Å². The molecule has 138 valence electrons. The van der Waals surface area contributed by atoms with Gasteiger partial charge in [-0.2, -0.15) is 0 Å². The number of benzene rings is 1. The number of thioether (sulfide) groups is 1. The zero-order valence-electron chi connectivity index (χ0n) is 15.6. The lowest BCUT2D eigenvalue weighted by Crippen LogP contribution is -2.29. The van der Waals surface area contributed by atoms with Crippen molar-refractivity contribution in [2.45, 2.75) is 50.9 Å². The van der Waals surface area contributed by atoms with Gasteiger partial charge in [0.25, 0.3) is 0 Å². The first-order valence-corrected chi connectivity index (χ1v) is 9.26. The van der Waals surface area contributed by atoms with Crippen LogP contribution in [0.2, 0.25) is 0 Å². The van der Waals surface area contributed by atoms with Crippen LogP contribution in [0.25, 0.3) is 0 Å². The Morgan fingerprint density at radius 2 is 1.69 bits per heavy atom. The summed E-state index contributed by atoms with van der Waals surface area (Å²) in [6.45, 7) is 8.22. The van der Waals surface area contributed by atoms with Gasteiger partial charge in [-0.1, -0.05) is 18.2 Å². The van der Waals surface area contributed by atoms with Gasteiger partial charge in [0.2, 0.25) is 5.78 Å². The lowest BCUT2D eigenvalue weighted by atomic mass is 10.0. The van der Waals surface area contributed by atoms with E-state index in [4.69, 9.17) is 4.74 Å². The van der Waals surface area contributed by atoms with E-state index < -0.39 is 17.3 Å². The van der Waals surface area contributed by atoms with Crippen molar-refractivity contribution in [3.8, 4) is 0 Å². The molecule has 0 unspecified atom stereocenters. The number of aromatic nitrogens is 1. The molecule has 1 N–H and O–H groups in total. The summed E-state index contributed by atoms with van der Waals surface area (Å²) in [5.41, 5.74) is 2.07. The van der Waals surface area contributed by atoms with Crippen LogP contribution in [0.1, 0.15) is 52.9 Å². The highest BCUT2D eigenvalue weighted by atomic mass is 32.2. The fourth-order valence-corrected chi connectivity index (χ4v) is 3.68. The van der Waals surface area contributed by atoms with Crippen LogP contribution >= 0.6 is 11.8 Å². The number of aromatic amines is 1. The summed E-state index contributed by atoms with van der Waals surface area (Å²) in [4.78, 5) is 40.6. The standard InChI is InChI=1S/C20H23NO4S/c1-11-17(13(3)22)12(2)21-18(11)19(23)14(4)25-20(24)15(5)26-16-9-7-6-8-10-16/h6-10,14-15,21H,1-5H3/t14-,15-/m1/s1. The van der Waals surface area contributed by atoms with Crippen molar-refractivity contribution < 1.29 is 19.1 Å². The second kappa shape index (κ2) is 8.36. The average molecular weight is 373 g/mol. The van der Waals surface area contributed by atoms with Crippen molar-refractivity contribution in [3.63, 3.8) is 0 Å². The largest absolute Gasteiger partial charge is 0.453 e. The summed E-state index contributed by atoms with van der Waals surface area (Å²) in [7, 11) is 0. The lowest BCUT2D eigenvalue weighted by molar-refractivity contribution is -0.145. The summed E-state index contributed by atoms with van der Waals surface area (Å²) in [5.74, 6) is -0.899. The molecule has 26 heavy (non-hydrogen) atoms. The van der Waals surface area contributed by atoms with Gasteiger partial charge >= 0.3 is 5.97 Å². The Bertz CT molecular complexity index is 826. The van der Waals surface area contributed by atoms with Gasteiger partial charge in [0.15, 0.2) is 11.9 Å². The lowest BCUT2D eigenvalue weighted by Gasteiger charge is -2.16. The van der Waals surface area contributed by atoms with E-state index in [0.29, 0.717) is 22.5 Å². The number of carbonyl (C=O) groups is 3. The number of hydrogen-bond donors (Lipinski definition) is 1. The van der Waals surface area contributed by atoms with E-state index in [9.17, 15) is 14.4 Å². The first-order chi connectivity index (χ1) is 12.2. The summed E-state index contributed by atoms with van der Waals surface area (Å²) < 4.78 is 5.35. The van der Waals surface area contributed by atoms with Crippen molar-refractivity contribution in [2.24, 2.45) is 0 Å². The van der Waals surface area contributed by atoms with E-state index >= 15 is 0 Å². The minimum Gasteiger partial charge on any atom is -0.453 e. The quantitative estimate of drug-likeness (QED) is 0.449. The highest BCUT2D eigenvalue weighted by Crippen LogP contribution is 2.25. The molecule has 1 aromatic carbocycles. The van der Waals surface area contributed by atoms with Crippen molar-refractivity contribution in [1.29, 1.82) is 0 Å². The number of ketones is 2. The fraction of sp³-hybridized carbons (Fsp3) is 0.350. The second-order valence-corrected chi connectivity index (χ2v) is 7.61. The van der Waals surface area contributed by atoms with Gasteiger partial charge in [-0.15, -0.1) is 11.8 Å². The summed E-state index contributed by atoms with van der Waals surface area (Å²) in [5, 5.41) is -0.438. The van der Waals surface area contributed by atoms with Crippen LogP contribution < -0.4 is 0 Å². The highest BCUT2D eigenvalue weighted by molar-refractivity contribution is 8.00. The molecule has 0 fully saturated rings. The second-order valence-electron chi connectivity index (χ2n) is 6.20. The van der Waals surface area contributed by atoms with Gasteiger partial charge in [-0.25, -0.2) is 0 Å². The van der Waals surface area contributed by atoms with E-state index in [2.05, 4.69) is 4.98 Å². The average Bonchev–Trinajstić information content (AvgIpc) is 2.89. The van der Waals surface area contributed by atoms with Crippen molar-refractivity contribution in [3.05, 3.63) is 52.8 Å². The molecular weight excluding hydrogens is 350 g/mol. The maximum absolute atomic E-state index is 12.6. The molecule has 6 heteroatoms. The molecule has 1 heterocycles. The predicted molar refractivity (Wildman–Crippen MR) is 102 cm³/mol. The Morgan fingerprint density at radius 1 is 1.08 bits per heavy atom. The number of carbonyl (C=O) groups excluding carboxylic acids is 3. The Kier molecular flexibility index (Phi) is 6.42. The number of rotatable bonds is 7. The monoisotopic (exact) mass is 373 g/mol. The number of esters is 1. The van der Waals surface area contributed by atoms with Crippen molar-refractivity contribution in [2.75, 3.05) is 0 Å². The van der Waals surface area contributed by atoms with E-state index in [1.54, 1.807) is 27.7 Å². The molecule has 0 saturated heterocycles. The van der Waals surface area contributed by atoms with Crippen LogP contribution in [0.4, 0.5) is 0 Å². The molecule has 0 aliphatic carbocycles. The van der Waals surface area contributed by atoms with Gasteiger partial charge in [-0.05, 0) is 52.3 Å². The van der Waals surface area contributed by atoms with E-state index in [1.165, 1.54) is 18.7 Å². The highest BCUT2D eigenvalue weighted by Gasteiger charge is 2.27. The maximum Gasteiger partial charge on any atom is 0.319 e. The smallest absolute Gasteiger partial charge is 0.319 e. The molecule has 2 rings (SSSR count). The molecule has 2 aromatic rings. The third kappa shape index (κ3) is 4.43. The topological polar surface area (TPSA) is 76.2 Å². The number of H-pyrrole nitrogens is 1. The van der Waals surface area contributed by atoms with Crippen molar-refractivity contribution >= 4 is 29.3 Å².